The summed E-state index contributed by atoms with van der Waals surface area (Å²) >= 11 is 5.99. The van der Waals surface area contributed by atoms with Crippen LogP contribution in [0.5, 0.6) is 0 Å². The van der Waals surface area contributed by atoms with Crippen LogP contribution in [0.4, 0.5) is 15.6 Å². The first-order chi connectivity index (χ1) is 15.7. The molecule has 33 heavy (non-hydrogen) atoms. The average Bonchev–Trinajstić information content (AvgIpc) is 3.45. The number of hydrogen-bond acceptors (Lipinski definition) is 11. The summed E-state index contributed by atoms with van der Waals surface area (Å²) in [6.45, 7) is 0.915. The van der Waals surface area contributed by atoms with Gasteiger partial charge in [-0.15, -0.1) is 0 Å². The van der Waals surface area contributed by atoms with E-state index in [4.69, 9.17) is 26.8 Å². The third-order valence-corrected chi connectivity index (χ3v) is 5.98. The second-order valence-corrected chi connectivity index (χ2v) is 8.37. The zero-order valence-electron chi connectivity index (χ0n) is 16.9. The van der Waals surface area contributed by atoms with Crippen LogP contribution in [0, 0.1) is 22.0 Å². The van der Waals surface area contributed by atoms with Crippen molar-refractivity contribution < 1.29 is 33.9 Å². The molecule has 1 saturated heterocycles. The molecule has 0 spiro atoms. The van der Waals surface area contributed by atoms with Gasteiger partial charge in [-0.1, -0.05) is 11.3 Å². The number of carbonyl (C=O) groups excluding carboxylic acids is 2. The highest BCUT2D eigenvalue weighted by atomic mass is 32.1. The number of ether oxygens (including phenoxy) is 2. The van der Waals surface area contributed by atoms with Crippen LogP contribution in [0.25, 0.3) is 0 Å². The molecule has 2 aromatic rings. The Kier molecular flexibility index (Phi) is 7.97. The summed E-state index contributed by atoms with van der Waals surface area (Å²) in [5.41, 5.74) is 0.396. The molecule has 2 atom stereocenters. The summed E-state index contributed by atoms with van der Waals surface area (Å²) in [6.07, 6.45) is 0.612. The molecule has 0 bridgehead atoms. The minimum atomic E-state index is -1.17. The van der Waals surface area contributed by atoms with Gasteiger partial charge in [0.25, 0.3) is 5.69 Å². The van der Waals surface area contributed by atoms with E-state index in [0.717, 1.165) is 17.5 Å². The quantitative estimate of drug-likeness (QED) is 0.213. The number of non-ortho nitro benzene ring substituents is 1. The maximum Gasteiger partial charge on any atom is 0.514 e. The Labute approximate surface area is 196 Å². The molecule has 3 rings (SSSR count). The van der Waals surface area contributed by atoms with Crippen LogP contribution >= 0.6 is 23.6 Å². The van der Waals surface area contributed by atoms with Crippen LogP contribution in [-0.2, 0) is 20.9 Å². The van der Waals surface area contributed by atoms with Gasteiger partial charge in [-0.3, -0.25) is 14.9 Å². The number of thiazole rings is 1. The molecular formula is C19H18N4O8S2. The number of anilines is 1. The number of hydrogen-bond donors (Lipinski definition) is 3. The zero-order chi connectivity index (χ0) is 24.0. The lowest BCUT2D eigenvalue weighted by molar-refractivity contribution is -0.384. The number of benzene rings is 1. The Morgan fingerprint density at radius 2 is 2.09 bits per heavy atom. The molecule has 0 aliphatic carbocycles. The summed E-state index contributed by atoms with van der Waals surface area (Å²) in [5, 5.41) is 25.1. The van der Waals surface area contributed by atoms with Gasteiger partial charge in [0, 0.05) is 12.1 Å². The van der Waals surface area contributed by atoms with Crippen LogP contribution in [0.15, 0.2) is 30.5 Å². The fourth-order valence-corrected chi connectivity index (χ4v) is 4.15. The van der Waals surface area contributed by atoms with Crippen molar-refractivity contribution >= 4 is 57.5 Å². The minimum absolute atomic E-state index is 0.0435. The molecule has 12 nitrogen and oxygen atoms in total. The Morgan fingerprint density at radius 3 is 2.67 bits per heavy atom. The Bertz CT molecular complexity index is 1070. The molecule has 1 aromatic carbocycles. The molecule has 2 heterocycles. The molecule has 1 aliphatic heterocycles. The Hall–Kier alpha value is -3.49. The van der Waals surface area contributed by atoms with Gasteiger partial charge in [0.15, 0.2) is 10.2 Å². The monoisotopic (exact) mass is 494 g/mol. The highest BCUT2D eigenvalue weighted by Crippen LogP contribution is 2.25. The van der Waals surface area contributed by atoms with Crippen LogP contribution in [0.3, 0.4) is 0 Å². The van der Waals surface area contributed by atoms with E-state index < -0.39 is 28.9 Å². The van der Waals surface area contributed by atoms with Crippen molar-refractivity contribution in [3.63, 3.8) is 0 Å². The first-order valence-electron chi connectivity index (χ1n) is 9.57. The molecule has 14 heteroatoms. The van der Waals surface area contributed by atoms with E-state index in [1.165, 1.54) is 24.3 Å². The molecule has 0 unspecified atom stereocenters. The van der Waals surface area contributed by atoms with Crippen molar-refractivity contribution in [1.29, 1.82) is 0 Å². The minimum Gasteiger partial charge on any atom is -0.477 e. The number of amides is 1. The number of carboxylic acid groups (broad SMARTS) is 1. The van der Waals surface area contributed by atoms with Gasteiger partial charge >= 0.3 is 12.1 Å². The summed E-state index contributed by atoms with van der Waals surface area (Å²) in [6, 6.07) is 5.42. The predicted molar refractivity (Wildman–Crippen MR) is 119 cm³/mol. The van der Waals surface area contributed by atoms with Crippen LogP contribution in [-0.4, -0.2) is 51.2 Å². The van der Waals surface area contributed by atoms with Gasteiger partial charge in [0.1, 0.15) is 17.4 Å². The number of aromatic nitrogens is 1. The largest absolute Gasteiger partial charge is 0.514 e. The maximum atomic E-state index is 12.9. The van der Waals surface area contributed by atoms with Crippen molar-refractivity contribution in [3.05, 3.63) is 51.0 Å². The molecule has 1 fully saturated rings. The molecular weight excluding hydrogens is 476 g/mol. The highest BCUT2D eigenvalue weighted by Gasteiger charge is 2.37. The topological polar surface area (TPSA) is 170 Å². The van der Waals surface area contributed by atoms with E-state index in [1.54, 1.807) is 0 Å². The number of thiocarbonyl (C=S) groups is 1. The van der Waals surface area contributed by atoms with Gasteiger partial charge in [-0.25, -0.2) is 14.6 Å². The predicted octanol–water partition coefficient (Wildman–Crippen LogP) is 2.59. The van der Waals surface area contributed by atoms with E-state index in [1.807, 2.05) is 0 Å². The Balaban J connectivity index is 1.60. The highest BCUT2D eigenvalue weighted by molar-refractivity contribution is 7.80. The number of nitro benzene ring substituents is 1. The SMILES string of the molecule is O=C(OCc1ccc([N+](=O)[O-])cc1)OC(=S)[C@H](C(=O)Nc1ncc(C(=O)O)s1)[C@@H]1CCNC1. The van der Waals surface area contributed by atoms with Crippen molar-refractivity contribution in [3.8, 4) is 0 Å². The van der Waals surface area contributed by atoms with E-state index in [0.29, 0.717) is 25.1 Å². The Morgan fingerprint density at radius 1 is 1.36 bits per heavy atom. The second-order valence-electron chi connectivity index (χ2n) is 6.94. The van der Waals surface area contributed by atoms with Crippen molar-refractivity contribution in [2.45, 2.75) is 13.0 Å². The molecule has 1 aromatic heterocycles. The lowest BCUT2D eigenvalue weighted by atomic mass is 9.91. The van der Waals surface area contributed by atoms with E-state index in [2.05, 4.69) is 15.6 Å². The van der Waals surface area contributed by atoms with E-state index >= 15 is 0 Å². The van der Waals surface area contributed by atoms with Crippen molar-refractivity contribution in [2.24, 2.45) is 11.8 Å². The molecule has 1 aliphatic rings. The van der Waals surface area contributed by atoms with Gasteiger partial charge in [0.2, 0.25) is 5.91 Å². The number of nitrogens with zero attached hydrogens (tertiary/aromatic N) is 2. The molecule has 0 saturated carbocycles. The van der Waals surface area contributed by atoms with Crippen molar-refractivity contribution in [2.75, 3.05) is 18.4 Å². The third-order valence-electron chi connectivity index (χ3n) is 4.74. The van der Waals surface area contributed by atoms with E-state index in [9.17, 15) is 24.5 Å². The average molecular weight is 495 g/mol. The van der Waals surface area contributed by atoms with E-state index in [-0.39, 0.29) is 33.3 Å². The smallest absolute Gasteiger partial charge is 0.477 e. The number of aromatic carboxylic acids is 1. The summed E-state index contributed by atoms with van der Waals surface area (Å²) in [4.78, 5) is 50.0. The molecule has 0 radical (unpaired) electrons. The first-order valence-corrected chi connectivity index (χ1v) is 10.8. The summed E-state index contributed by atoms with van der Waals surface area (Å²) in [7, 11) is 0. The number of rotatable bonds is 8. The zero-order valence-corrected chi connectivity index (χ0v) is 18.5. The third kappa shape index (κ3) is 6.50. The van der Waals surface area contributed by atoms with Gasteiger partial charge in [0.05, 0.1) is 11.1 Å². The number of carbonyl (C=O) groups is 3. The maximum absolute atomic E-state index is 12.9. The number of nitrogens with one attached hydrogen (secondary N) is 2. The van der Waals surface area contributed by atoms with Gasteiger partial charge in [-0.2, -0.15) is 0 Å². The van der Waals surface area contributed by atoms with Crippen LogP contribution in [0.1, 0.15) is 21.7 Å². The second kappa shape index (κ2) is 10.9. The normalized spacial score (nSPS) is 15.9. The fraction of sp³-hybridized carbons (Fsp3) is 0.316. The van der Waals surface area contributed by atoms with Gasteiger partial charge in [-0.05, 0) is 55.3 Å². The first kappa shape index (κ1) is 24.2. The standard InChI is InChI=1S/C19H18N4O8S2/c24-15(22-18-21-8-13(33-18)16(25)26)14(11-5-6-20-7-11)17(32)31-19(27)30-9-10-1-3-12(4-2-10)23(28)29/h1-4,8,11,14,20H,5-7,9H2,(H,25,26)(H,21,22,24)/t11-,14+/m1/s1. The number of nitro groups is 1. The molecule has 1 amide bonds. The lowest BCUT2D eigenvalue weighted by Crippen LogP contribution is -2.37. The molecule has 3 N–H and O–H groups in total. The molecule has 174 valence electrons. The fourth-order valence-electron chi connectivity index (χ4n) is 3.12. The van der Waals surface area contributed by atoms with Crippen LogP contribution in [0.2, 0.25) is 0 Å². The van der Waals surface area contributed by atoms with Crippen molar-refractivity contribution in [1.82, 2.24) is 10.3 Å². The summed E-state index contributed by atoms with van der Waals surface area (Å²) < 4.78 is 10.1. The van der Waals surface area contributed by atoms with Gasteiger partial charge < -0.3 is 25.2 Å². The van der Waals surface area contributed by atoms with Crippen LogP contribution < -0.4 is 10.6 Å². The number of carboxylic acids is 1. The lowest BCUT2D eigenvalue weighted by Gasteiger charge is -2.21. The summed E-state index contributed by atoms with van der Waals surface area (Å²) in [5.74, 6) is -2.99.